The Kier molecular flexibility index (Phi) is 5.51. The lowest BCUT2D eigenvalue weighted by Gasteiger charge is -2.21. The van der Waals surface area contributed by atoms with Crippen molar-refractivity contribution in [2.45, 2.75) is 45.9 Å². The van der Waals surface area contributed by atoms with Gasteiger partial charge in [0.25, 0.3) is 0 Å². The Hall–Kier alpha value is -1.23. The highest BCUT2D eigenvalue weighted by atomic mass is 32.1. The fourth-order valence-electron chi connectivity index (χ4n) is 2.09. The largest absolute Gasteiger partial charge is 0.308 e. The first kappa shape index (κ1) is 16.1. The van der Waals surface area contributed by atoms with Gasteiger partial charge < -0.3 is 5.32 Å². The molecule has 0 bridgehead atoms. The van der Waals surface area contributed by atoms with Crippen LogP contribution < -0.4 is 5.32 Å². The van der Waals surface area contributed by atoms with Crippen molar-refractivity contribution in [1.82, 2.24) is 15.2 Å². The third-order valence-corrected chi connectivity index (χ3v) is 3.85. The first-order valence-electron chi connectivity index (χ1n) is 7.31. The van der Waals surface area contributed by atoms with Crippen molar-refractivity contribution in [3.8, 4) is 0 Å². The zero-order valence-corrected chi connectivity index (χ0v) is 14.2. The molecule has 0 radical (unpaired) electrons. The van der Waals surface area contributed by atoms with E-state index in [0.29, 0.717) is 0 Å². The molecule has 0 aliphatic rings. The molecule has 2 aromatic rings. The van der Waals surface area contributed by atoms with Crippen LogP contribution in [0.3, 0.4) is 0 Å². The van der Waals surface area contributed by atoms with E-state index in [1.54, 1.807) is 11.3 Å². The highest BCUT2D eigenvalue weighted by molar-refractivity contribution is 7.07. The van der Waals surface area contributed by atoms with Crippen LogP contribution in [0.1, 0.15) is 37.6 Å². The number of thiazole rings is 1. The first-order chi connectivity index (χ1) is 9.92. The maximum absolute atomic E-state index is 4.33. The molecule has 0 spiro atoms. The van der Waals surface area contributed by atoms with Crippen LogP contribution in [0.4, 0.5) is 0 Å². The number of nitrogens with zero attached hydrogens (tertiary/aromatic N) is 2. The summed E-state index contributed by atoms with van der Waals surface area (Å²) < 4.78 is 0. The Morgan fingerprint density at radius 1 is 1.10 bits per heavy atom. The molecular formula is C17H25N3S. The van der Waals surface area contributed by atoms with Gasteiger partial charge in [-0.1, -0.05) is 24.3 Å². The molecule has 1 heterocycles. The summed E-state index contributed by atoms with van der Waals surface area (Å²) in [4.78, 5) is 6.62. The van der Waals surface area contributed by atoms with E-state index in [2.05, 4.69) is 72.7 Å². The van der Waals surface area contributed by atoms with Crippen molar-refractivity contribution < 1.29 is 0 Å². The zero-order chi connectivity index (χ0) is 15.3. The third kappa shape index (κ3) is 5.96. The molecule has 0 saturated carbocycles. The molecule has 2 rings (SSSR count). The van der Waals surface area contributed by atoms with Crippen molar-refractivity contribution in [1.29, 1.82) is 0 Å². The second kappa shape index (κ2) is 7.16. The van der Waals surface area contributed by atoms with Crippen LogP contribution in [-0.2, 0) is 19.6 Å². The second-order valence-electron chi connectivity index (χ2n) is 6.57. The van der Waals surface area contributed by atoms with E-state index in [0.717, 1.165) is 25.3 Å². The van der Waals surface area contributed by atoms with Gasteiger partial charge in [0.15, 0.2) is 0 Å². The van der Waals surface area contributed by atoms with Gasteiger partial charge in [0.1, 0.15) is 0 Å². The zero-order valence-electron chi connectivity index (χ0n) is 13.4. The van der Waals surface area contributed by atoms with Gasteiger partial charge in [-0.3, -0.25) is 4.90 Å². The molecule has 0 unspecified atom stereocenters. The lowest BCUT2D eigenvalue weighted by atomic mass is 10.1. The minimum atomic E-state index is 0.159. The van der Waals surface area contributed by atoms with E-state index >= 15 is 0 Å². The van der Waals surface area contributed by atoms with Crippen LogP contribution in [-0.4, -0.2) is 22.5 Å². The summed E-state index contributed by atoms with van der Waals surface area (Å²) in [5, 5.41) is 5.62. The Balaban J connectivity index is 1.84. The van der Waals surface area contributed by atoms with E-state index in [4.69, 9.17) is 0 Å². The summed E-state index contributed by atoms with van der Waals surface area (Å²) in [5.41, 5.74) is 5.86. The van der Waals surface area contributed by atoms with Crippen molar-refractivity contribution in [2.75, 3.05) is 7.05 Å². The molecule has 0 atom stereocenters. The molecule has 0 saturated heterocycles. The molecule has 1 aromatic heterocycles. The number of benzene rings is 1. The topological polar surface area (TPSA) is 28.2 Å². The lowest BCUT2D eigenvalue weighted by molar-refractivity contribution is 0.316. The number of hydrogen-bond acceptors (Lipinski definition) is 4. The molecular weight excluding hydrogens is 278 g/mol. The average Bonchev–Trinajstić information content (AvgIpc) is 2.89. The predicted molar refractivity (Wildman–Crippen MR) is 90.3 cm³/mol. The molecule has 114 valence electrons. The summed E-state index contributed by atoms with van der Waals surface area (Å²) >= 11 is 1.65. The maximum atomic E-state index is 4.33. The second-order valence-corrected chi connectivity index (χ2v) is 7.29. The Bertz CT molecular complexity index is 526. The Morgan fingerprint density at radius 3 is 2.33 bits per heavy atom. The van der Waals surface area contributed by atoms with E-state index in [1.165, 1.54) is 11.1 Å². The standard InChI is InChI=1S/C17H25N3S/c1-17(2,3)19-9-14-5-7-15(8-6-14)10-20(4)11-16-12-21-13-18-16/h5-8,12-13,19H,9-11H2,1-4H3. The molecule has 0 aliphatic carbocycles. The van der Waals surface area contributed by atoms with E-state index in [1.807, 2.05) is 5.51 Å². The summed E-state index contributed by atoms with van der Waals surface area (Å²) in [5.74, 6) is 0. The van der Waals surface area contributed by atoms with Gasteiger partial charge in [-0.15, -0.1) is 11.3 Å². The summed E-state index contributed by atoms with van der Waals surface area (Å²) in [6, 6.07) is 8.87. The molecule has 0 amide bonds. The smallest absolute Gasteiger partial charge is 0.0795 e. The van der Waals surface area contributed by atoms with E-state index in [-0.39, 0.29) is 5.54 Å². The van der Waals surface area contributed by atoms with Crippen LogP contribution >= 0.6 is 11.3 Å². The number of nitrogens with one attached hydrogen (secondary N) is 1. The van der Waals surface area contributed by atoms with Gasteiger partial charge in [0, 0.05) is 30.6 Å². The van der Waals surface area contributed by atoms with Gasteiger partial charge in [-0.05, 0) is 38.9 Å². The first-order valence-corrected chi connectivity index (χ1v) is 8.25. The van der Waals surface area contributed by atoms with Crippen molar-refractivity contribution in [3.63, 3.8) is 0 Å². The van der Waals surface area contributed by atoms with Gasteiger partial charge >= 0.3 is 0 Å². The fourth-order valence-corrected chi connectivity index (χ4v) is 2.64. The predicted octanol–water partition coefficient (Wildman–Crippen LogP) is 3.66. The highest BCUT2D eigenvalue weighted by Gasteiger charge is 2.08. The van der Waals surface area contributed by atoms with Gasteiger partial charge in [0.2, 0.25) is 0 Å². The summed E-state index contributed by atoms with van der Waals surface area (Å²) in [7, 11) is 2.13. The maximum Gasteiger partial charge on any atom is 0.0795 e. The molecule has 3 nitrogen and oxygen atoms in total. The van der Waals surface area contributed by atoms with Crippen LogP contribution in [0.2, 0.25) is 0 Å². The lowest BCUT2D eigenvalue weighted by Crippen LogP contribution is -2.35. The van der Waals surface area contributed by atoms with Gasteiger partial charge in [-0.2, -0.15) is 0 Å². The monoisotopic (exact) mass is 303 g/mol. The van der Waals surface area contributed by atoms with Crippen LogP contribution in [0.15, 0.2) is 35.2 Å². The van der Waals surface area contributed by atoms with Crippen LogP contribution in [0.5, 0.6) is 0 Å². The SMILES string of the molecule is CN(Cc1ccc(CNC(C)(C)C)cc1)Cc1cscn1. The normalized spacial score (nSPS) is 12.0. The van der Waals surface area contributed by atoms with Crippen molar-refractivity contribution in [2.24, 2.45) is 0 Å². The number of aromatic nitrogens is 1. The molecule has 4 heteroatoms. The average molecular weight is 303 g/mol. The number of rotatable bonds is 6. The Morgan fingerprint density at radius 2 is 1.76 bits per heavy atom. The van der Waals surface area contributed by atoms with E-state index in [9.17, 15) is 0 Å². The van der Waals surface area contributed by atoms with Crippen LogP contribution in [0.25, 0.3) is 0 Å². The third-order valence-electron chi connectivity index (χ3n) is 3.21. The molecule has 1 aromatic carbocycles. The summed E-state index contributed by atoms with van der Waals surface area (Å²) in [6.45, 7) is 9.33. The minimum absolute atomic E-state index is 0.159. The molecule has 0 aliphatic heterocycles. The van der Waals surface area contributed by atoms with Crippen molar-refractivity contribution >= 4 is 11.3 Å². The molecule has 21 heavy (non-hydrogen) atoms. The number of hydrogen-bond donors (Lipinski definition) is 1. The molecule has 1 N–H and O–H groups in total. The quantitative estimate of drug-likeness (QED) is 0.882. The highest BCUT2D eigenvalue weighted by Crippen LogP contribution is 2.11. The molecule has 0 fully saturated rings. The Labute approximate surface area is 132 Å². The fraction of sp³-hybridized carbons (Fsp3) is 0.471. The minimum Gasteiger partial charge on any atom is -0.308 e. The van der Waals surface area contributed by atoms with Crippen molar-refractivity contribution in [3.05, 3.63) is 52.0 Å². The summed E-state index contributed by atoms with van der Waals surface area (Å²) in [6.07, 6.45) is 0. The van der Waals surface area contributed by atoms with Crippen LogP contribution in [0, 0.1) is 0 Å². The van der Waals surface area contributed by atoms with E-state index < -0.39 is 0 Å². The van der Waals surface area contributed by atoms with Gasteiger partial charge in [-0.25, -0.2) is 4.98 Å². The van der Waals surface area contributed by atoms with Gasteiger partial charge in [0.05, 0.1) is 11.2 Å².